The molecule has 0 N–H and O–H groups in total. The molecule has 5 heteroatoms. The van der Waals surface area contributed by atoms with Crippen LogP contribution in [-0.4, -0.2) is 35.0 Å². The van der Waals surface area contributed by atoms with Crippen molar-refractivity contribution in [3.63, 3.8) is 0 Å². The van der Waals surface area contributed by atoms with E-state index < -0.39 is 0 Å². The molecule has 23 heavy (non-hydrogen) atoms. The molecule has 2 fully saturated rings. The minimum absolute atomic E-state index is 0. The van der Waals surface area contributed by atoms with Gasteiger partial charge in [-0.3, -0.25) is 0 Å². The second-order valence-electron chi connectivity index (χ2n) is 7.73. The van der Waals surface area contributed by atoms with E-state index in [2.05, 4.69) is 54.8 Å². The molecule has 0 amide bonds. The van der Waals surface area contributed by atoms with Gasteiger partial charge in [-0.1, -0.05) is 41.5 Å². The summed E-state index contributed by atoms with van der Waals surface area (Å²) in [5, 5.41) is 1.29. The van der Waals surface area contributed by atoms with E-state index in [4.69, 9.17) is 9.30 Å². The predicted octanol–water partition coefficient (Wildman–Crippen LogP) is 6.04. The molecule has 1 radical (unpaired) electrons. The van der Waals surface area contributed by atoms with E-state index in [0.717, 1.165) is 0 Å². The van der Waals surface area contributed by atoms with Crippen molar-refractivity contribution in [2.75, 3.05) is 24.6 Å². The Balaban J connectivity index is -0.000000276. The Bertz CT molecular complexity index is 272. The Hall–Kier alpha value is 0.963. The molecule has 137 valence electrons. The molecule has 2 heterocycles. The molecule has 2 aliphatic rings. The van der Waals surface area contributed by atoms with Gasteiger partial charge in [0, 0.05) is 19.5 Å². The summed E-state index contributed by atoms with van der Waals surface area (Å²) in [5.74, 6) is 0. The van der Waals surface area contributed by atoms with E-state index >= 15 is 0 Å². The van der Waals surface area contributed by atoms with Gasteiger partial charge in [-0.05, 0) is 60.6 Å². The van der Waals surface area contributed by atoms with Crippen LogP contribution in [0.3, 0.4) is 0 Å². The van der Waals surface area contributed by atoms with Gasteiger partial charge >= 0.3 is 22.6 Å². The van der Waals surface area contributed by atoms with Crippen molar-refractivity contribution in [1.82, 2.24) is 0 Å². The Morgan fingerprint density at radius 3 is 0.826 bits per heavy atom. The minimum Gasteiger partial charge on any atom is 0 e. The first kappa shape index (κ1) is 28.8. The van der Waals surface area contributed by atoms with E-state index in [1.54, 1.807) is 24.6 Å². The van der Waals surface area contributed by atoms with Crippen molar-refractivity contribution < 1.29 is 28.8 Å². The third-order valence-corrected chi connectivity index (χ3v) is 11.3. The van der Waals surface area contributed by atoms with Crippen molar-refractivity contribution in [3.05, 3.63) is 13.3 Å². The molecule has 0 atom stereocenters. The zero-order valence-corrected chi connectivity index (χ0v) is 19.1. The summed E-state index contributed by atoms with van der Waals surface area (Å²) in [5.41, 5.74) is 0. The van der Waals surface area contributed by atoms with Gasteiger partial charge in [0.05, 0.1) is 0 Å². The summed E-state index contributed by atoms with van der Waals surface area (Å²) >= 11 is 0. The average molecular weight is 447 g/mol. The van der Waals surface area contributed by atoms with Gasteiger partial charge in [-0.25, -0.2) is 0 Å². The summed E-state index contributed by atoms with van der Waals surface area (Å²) < 4.78 is 15.0. The Morgan fingerprint density at radius 1 is 0.565 bits per heavy atom. The van der Waals surface area contributed by atoms with E-state index in [-0.39, 0.29) is 19.5 Å². The van der Waals surface area contributed by atoms with E-state index in [9.17, 15) is 0 Å². The summed E-state index contributed by atoms with van der Waals surface area (Å²) in [7, 11) is 0.828. The fourth-order valence-electron chi connectivity index (χ4n) is 2.78. The van der Waals surface area contributed by atoms with Gasteiger partial charge in [0.25, 0.3) is 0 Å². The van der Waals surface area contributed by atoms with E-state index in [0.29, 0.717) is 26.2 Å². The second kappa shape index (κ2) is 15.2. The zero-order chi connectivity index (χ0) is 17.8. The topological polar surface area (TPSA) is 39.8 Å². The van der Waals surface area contributed by atoms with Crippen molar-refractivity contribution >= 4 is 15.8 Å². The van der Waals surface area contributed by atoms with Crippen LogP contribution in [-0.2, 0) is 28.8 Å². The fraction of sp³-hybridized carbons (Fsp3) is 0.889. The number of hydrogen-bond donors (Lipinski definition) is 0. The maximum absolute atomic E-state index is 7.50. The molecule has 0 aliphatic carbocycles. The van der Waals surface area contributed by atoms with Gasteiger partial charge in [0.15, 0.2) is 0 Å². The molecule has 2 nitrogen and oxygen atoms in total. The Morgan fingerprint density at radius 2 is 0.739 bits per heavy atom. The summed E-state index contributed by atoms with van der Waals surface area (Å²) in [6.07, 6.45) is 12.2. The molecule has 0 unspecified atom stereocenters. The molecule has 2 rings (SSSR count). The Kier molecular flexibility index (Phi) is 19.0. The first-order valence-corrected chi connectivity index (χ1v) is 11.5. The van der Waals surface area contributed by atoms with Gasteiger partial charge < -0.3 is 0 Å². The van der Waals surface area contributed by atoms with Gasteiger partial charge in [-0.2, -0.15) is 0 Å². The van der Waals surface area contributed by atoms with Crippen LogP contribution in [0.4, 0.5) is 0 Å². The largest absolute Gasteiger partial charge is 0 e. The maximum Gasteiger partial charge on any atom is 0 e. The van der Waals surface area contributed by atoms with Gasteiger partial charge in [0.1, 0.15) is 0 Å². The number of hydrogen-bond acceptors (Lipinski definition) is 0. The molecular formula is C18H34O2P2Rh. The van der Waals surface area contributed by atoms with Crippen LogP contribution in [0.1, 0.15) is 67.2 Å². The normalized spacial score (nSPS) is 18.2. The average Bonchev–Trinajstić information content (AvgIpc) is 3.16. The molecule has 2 aliphatic heterocycles. The first-order valence-electron chi connectivity index (χ1n) is 8.12. The van der Waals surface area contributed by atoms with Crippen molar-refractivity contribution in [2.24, 2.45) is 0 Å². The summed E-state index contributed by atoms with van der Waals surface area (Å²) in [4.78, 5) is 0. The van der Waals surface area contributed by atoms with Gasteiger partial charge in [-0.15, -0.1) is 15.8 Å². The molecule has 0 aromatic heterocycles. The third-order valence-electron chi connectivity index (χ3n) is 4.11. The van der Waals surface area contributed by atoms with Crippen LogP contribution in [0.15, 0.2) is 0 Å². The third kappa shape index (κ3) is 13.9. The standard InChI is InChI=1S/2C8H17P.2CO.Rh/c2*1-8(2,3)9-6-4-5-7-9;2*1-2;/h2*4-7H2,1-3H3;;;. The Labute approximate surface area is 160 Å². The molecule has 0 saturated carbocycles. The summed E-state index contributed by atoms with van der Waals surface area (Å²) in [6, 6.07) is 0. The maximum atomic E-state index is 7.50. The molecule has 2 saturated heterocycles. The summed E-state index contributed by atoms with van der Waals surface area (Å²) in [6.45, 7) is 23.4. The second-order valence-corrected chi connectivity index (χ2v) is 14.4. The molecule has 0 aromatic carbocycles. The van der Waals surface area contributed by atoms with E-state index in [1.165, 1.54) is 25.7 Å². The minimum atomic E-state index is 0. The van der Waals surface area contributed by atoms with Crippen LogP contribution in [0.2, 0.25) is 0 Å². The van der Waals surface area contributed by atoms with Crippen LogP contribution < -0.4 is 0 Å². The van der Waals surface area contributed by atoms with Crippen LogP contribution >= 0.6 is 15.8 Å². The van der Waals surface area contributed by atoms with Gasteiger partial charge in [0.2, 0.25) is 0 Å². The fourth-order valence-corrected chi connectivity index (χ4v) is 8.33. The zero-order valence-electron chi connectivity index (χ0n) is 15.7. The molecular weight excluding hydrogens is 413 g/mol. The van der Waals surface area contributed by atoms with Crippen LogP contribution in [0, 0.1) is 13.3 Å². The smallest absolute Gasteiger partial charge is 0 e. The number of rotatable bonds is 0. The van der Waals surface area contributed by atoms with Crippen molar-refractivity contribution in [3.8, 4) is 0 Å². The van der Waals surface area contributed by atoms with Crippen molar-refractivity contribution in [2.45, 2.75) is 77.5 Å². The molecule has 0 spiro atoms. The van der Waals surface area contributed by atoms with E-state index in [1.807, 2.05) is 0 Å². The molecule has 0 aromatic rings. The monoisotopic (exact) mass is 447 g/mol. The SMILES string of the molecule is CC(C)(C)P1CCCC1.CC(C)(C)P1CCCC1.[C-]#[O+].[C-]#[O+].[Rh]. The van der Waals surface area contributed by atoms with Crippen molar-refractivity contribution in [1.29, 1.82) is 0 Å². The van der Waals surface area contributed by atoms with Crippen LogP contribution in [0.5, 0.6) is 0 Å². The van der Waals surface area contributed by atoms with Crippen LogP contribution in [0.25, 0.3) is 0 Å². The first-order chi connectivity index (χ1) is 10.2. The predicted molar refractivity (Wildman–Crippen MR) is 99.1 cm³/mol. The quantitative estimate of drug-likeness (QED) is 0.188. The molecule has 0 bridgehead atoms.